The van der Waals surface area contributed by atoms with Crippen LogP contribution >= 0.6 is 0 Å². The second-order valence-corrected chi connectivity index (χ2v) is 4.73. The number of hydrogen-bond acceptors (Lipinski definition) is 3. The summed E-state index contributed by atoms with van der Waals surface area (Å²) >= 11 is 0. The van der Waals surface area contributed by atoms with Crippen LogP contribution in [-0.4, -0.2) is 22.3 Å². The molecule has 2 aromatic rings. The first kappa shape index (κ1) is 14.2. The van der Waals surface area contributed by atoms with Crippen molar-refractivity contribution in [2.24, 2.45) is 5.73 Å². The lowest BCUT2D eigenvalue weighted by Crippen LogP contribution is -2.22. The summed E-state index contributed by atoms with van der Waals surface area (Å²) in [5.74, 6) is 0.109. The van der Waals surface area contributed by atoms with Crippen LogP contribution in [0.25, 0.3) is 0 Å². The van der Waals surface area contributed by atoms with Gasteiger partial charge in [0.15, 0.2) is 0 Å². The Morgan fingerprint density at radius 3 is 2.45 bits per heavy atom. The minimum atomic E-state index is 0.109. The molecule has 0 fully saturated rings. The molecule has 0 spiro atoms. The maximum Gasteiger partial charge on any atom is 0.122 e. The van der Waals surface area contributed by atoms with Crippen molar-refractivity contribution < 1.29 is 0 Å². The van der Waals surface area contributed by atoms with Gasteiger partial charge < -0.3 is 5.73 Å². The fourth-order valence-corrected chi connectivity index (χ4v) is 2.05. The van der Waals surface area contributed by atoms with Crippen LogP contribution in [0.5, 0.6) is 0 Å². The number of nitrogens with two attached hydrogens (primary N) is 1. The largest absolute Gasteiger partial charge is 0.384 e. The summed E-state index contributed by atoms with van der Waals surface area (Å²) in [5, 5.41) is 7.39. The van der Waals surface area contributed by atoms with Crippen molar-refractivity contribution in [3.63, 3.8) is 0 Å². The van der Waals surface area contributed by atoms with Gasteiger partial charge in [-0.25, -0.2) is 0 Å². The van der Waals surface area contributed by atoms with Gasteiger partial charge in [-0.15, -0.1) is 0 Å². The fraction of sp³-hybridized carbons (Fsp3) is 0.250. The van der Waals surface area contributed by atoms with Crippen molar-refractivity contribution in [3.05, 3.63) is 65.5 Å². The number of nitrogens with one attached hydrogen (secondary N) is 1. The van der Waals surface area contributed by atoms with E-state index in [0.717, 1.165) is 30.9 Å². The second-order valence-electron chi connectivity index (χ2n) is 4.73. The number of amidine groups is 1. The number of nitrogen functional groups attached to an aromatic ring is 1. The Labute approximate surface area is 119 Å². The molecule has 3 N–H and O–H groups in total. The third-order valence-corrected chi connectivity index (χ3v) is 3.23. The number of rotatable bonds is 6. The van der Waals surface area contributed by atoms with E-state index in [1.54, 1.807) is 0 Å². The zero-order chi connectivity index (χ0) is 14.4. The van der Waals surface area contributed by atoms with Crippen molar-refractivity contribution in [1.82, 2.24) is 9.88 Å². The smallest absolute Gasteiger partial charge is 0.122 e. The molecular weight excluding hydrogens is 248 g/mol. The molecule has 0 unspecified atom stereocenters. The summed E-state index contributed by atoms with van der Waals surface area (Å²) in [6.45, 7) is 4.81. The molecule has 0 aliphatic carbocycles. The van der Waals surface area contributed by atoms with Crippen molar-refractivity contribution in [1.29, 1.82) is 5.41 Å². The molecule has 4 heteroatoms. The Balaban J connectivity index is 2.01. The minimum Gasteiger partial charge on any atom is -0.384 e. The number of aromatic nitrogens is 1. The van der Waals surface area contributed by atoms with Crippen LogP contribution < -0.4 is 5.73 Å². The molecule has 0 aliphatic rings. The van der Waals surface area contributed by atoms with Crippen molar-refractivity contribution in [2.45, 2.75) is 20.0 Å². The number of benzene rings is 1. The Morgan fingerprint density at radius 2 is 1.90 bits per heavy atom. The molecule has 1 aromatic heterocycles. The van der Waals surface area contributed by atoms with Gasteiger partial charge in [0.25, 0.3) is 0 Å². The standard InChI is InChI=1S/C16H20N4/c1-2-20(12-15-5-3-4-10-19-15)11-13-6-8-14(9-7-13)16(17)18/h3-10H,2,11-12H2,1H3,(H3,17,18). The van der Waals surface area contributed by atoms with Crippen LogP contribution in [0.2, 0.25) is 0 Å². The van der Waals surface area contributed by atoms with Crippen molar-refractivity contribution in [2.75, 3.05) is 6.54 Å². The molecule has 0 aliphatic heterocycles. The first-order chi connectivity index (χ1) is 9.69. The van der Waals surface area contributed by atoms with E-state index < -0.39 is 0 Å². The monoisotopic (exact) mass is 268 g/mol. The molecule has 0 bridgehead atoms. The highest BCUT2D eigenvalue weighted by Gasteiger charge is 2.06. The maximum absolute atomic E-state index is 7.39. The molecule has 1 heterocycles. The van der Waals surface area contributed by atoms with Crippen LogP contribution in [0.15, 0.2) is 48.7 Å². The Morgan fingerprint density at radius 1 is 1.15 bits per heavy atom. The van der Waals surface area contributed by atoms with E-state index in [0.29, 0.717) is 0 Å². The van der Waals surface area contributed by atoms with E-state index in [1.807, 2.05) is 48.7 Å². The zero-order valence-electron chi connectivity index (χ0n) is 11.7. The summed E-state index contributed by atoms with van der Waals surface area (Å²) in [7, 11) is 0. The van der Waals surface area contributed by atoms with E-state index in [9.17, 15) is 0 Å². The summed E-state index contributed by atoms with van der Waals surface area (Å²) in [6.07, 6.45) is 1.82. The van der Waals surface area contributed by atoms with Crippen molar-refractivity contribution >= 4 is 5.84 Å². The lowest BCUT2D eigenvalue weighted by molar-refractivity contribution is 0.268. The number of nitrogens with zero attached hydrogens (tertiary/aromatic N) is 2. The molecule has 2 rings (SSSR count). The van der Waals surface area contributed by atoms with E-state index in [4.69, 9.17) is 11.1 Å². The Kier molecular flexibility index (Phi) is 4.85. The summed E-state index contributed by atoms with van der Waals surface area (Å²) in [4.78, 5) is 6.68. The highest BCUT2D eigenvalue weighted by molar-refractivity contribution is 5.94. The molecule has 0 saturated carbocycles. The molecule has 0 saturated heterocycles. The molecule has 0 radical (unpaired) electrons. The van der Waals surface area contributed by atoms with Gasteiger partial charge in [0.2, 0.25) is 0 Å². The average molecular weight is 268 g/mol. The van der Waals surface area contributed by atoms with Gasteiger partial charge in [-0.2, -0.15) is 0 Å². The quantitative estimate of drug-likeness (QED) is 0.624. The van der Waals surface area contributed by atoms with Gasteiger partial charge in [-0.05, 0) is 24.2 Å². The van der Waals surface area contributed by atoms with Gasteiger partial charge >= 0.3 is 0 Å². The van der Waals surface area contributed by atoms with Gasteiger partial charge in [-0.3, -0.25) is 15.3 Å². The van der Waals surface area contributed by atoms with Gasteiger partial charge in [0.05, 0.1) is 5.69 Å². The lowest BCUT2D eigenvalue weighted by Gasteiger charge is -2.20. The average Bonchev–Trinajstić information content (AvgIpc) is 2.48. The van der Waals surface area contributed by atoms with Crippen LogP contribution in [0.3, 0.4) is 0 Å². The molecule has 104 valence electrons. The predicted octanol–water partition coefficient (Wildman–Crippen LogP) is 2.39. The molecule has 20 heavy (non-hydrogen) atoms. The van der Waals surface area contributed by atoms with E-state index in [-0.39, 0.29) is 5.84 Å². The topological polar surface area (TPSA) is 66.0 Å². The van der Waals surface area contributed by atoms with Gasteiger partial charge in [0.1, 0.15) is 5.84 Å². The fourth-order valence-electron chi connectivity index (χ4n) is 2.05. The van der Waals surface area contributed by atoms with Gasteiger partial charge in [0, 0.05) is 24.8 Å². The predicted molar refractivity (Wildman–Crippen MR) is 81.5 cm³/mol. The van der Waals surface area contributed by atoms with Crippen LogP contribution in [0.1, 0.15) is 23.7 Å². The normalized spacial score (nSPS) is 10.7. The third-order valence-electron chi connectivity index (χ3n) is 3.23. The first-order valence-corrected chi connectivity index (χ1v) is 6.74. The van der Waals surface area contributed by atoms with Crippen LogP contribution in [0.4, 0.5) is 0 Å². The van der Waals surface area contributed by atoms with E-state index in [2.05, 4.69) is 16.8 Å². The number of hydrogen-bond donors (Lipinski definition) is 2. The third kappa shape index (κ3) is 3.90. The summed E-state index contributed by atoms with van der Waals surface area (Å²) in [5.41, 5.74) is 8.52. The highest BCUT2D eigenvalue weighted by Crippen LogP contribution is 2.09. The Bertz CT molecular complexity index is 548. The van der Waals surface area contributed by atoms with Crippen molar-refractivity contribution in [3.8, 4) is 0 Å². The second kappa shape index (κ2) is 6.82. The lowest BCUT2D eigenvalue weighted by atomic mass is 10.1. The van der Waals surface area contributed by atoms with E-state index in [1.165, 1.54) is 5.56 Å². The van der Waals surface area contributed by atoms with E-state index >= 15 is 0 Å². The van der Waals surface area contributed by atoms with Crippen LogP contribution in [-0.2, 0) is 13.1 Å². The first-order valence-electron chi connectivity index (χ1n) is 6.74. The summed E-state index contributed by atoms with van der Waals surface area (Å²) < 4.78 is 0. The molecule has 1 aromatic carbocycles. The molecular formula is C16H20N4. The Hall–Kier alpha value is -2.20. The summed E-state index contributed by atoms with van der Waals surface area (Å²) in [6, 6.07) is 13.8. The van der Waals surface area contributed by atoms with Crippen LogP contribution in [0, 0.1) is 5.41 Å². The maximum atomic E-state index is 7.39. The molecule has 4 nitrogen and oxygen atoms in total. The van der Waals surface area contributed by atoms with Gasteiger partial charge in [-0.1, -0.05) is 37.3 Å². The SMILES string of the molecule is CCN(Cc1ccc(C(=N)N)cc1)Cc1ccccn1. The molecule has 0 amide bonds. The number of pyridine rings is 1. The minimum absolute atomic E-state index is 0.109. The molecule has 0 atom stereocenters. The zero-order valence-corrected chi connectivity index (χ0v) is 11.7. The highest BCUT2D eigenvalue weighted by atomic mass is 15.1.